The Morgan fingerprint density at radius 3 is 2.29 bits per heavy atom. The first-order valence-corrected chi connectivity index (χ1v) is 4.91. The van der Waals surface area contributed by atoms with E-state index >= 15 is 0 Å². The summed E-state index contributed by atoms with van der Waals surface area (Å²) in [6.45, 7) is 4.39. The van der Waals surface area contributed by atoms with Gasteiger partial charge in [0.25, 0.3) is 0 Å². The molecule has 0 bridgehead atoms. The molecular weight excluding hydrogens is 174 g/mol. The minimum absolute atomic E-state index is 0.555. The smallest absolute Gasteiger partial charge is 0.142 e. The van der Waals surface area contributed by atoms with E-state index in [0.29, 0.717) is 5.92 Å². The van der Waals surface area contributed by atoms with Gasteiger partial charge in [-0.3, -0.25) is 0 Å². The zero-order chi connectivity index (χ0) is 10.7. The van der Waals surface area contributed by atoms with Gasteiger partial charge in [0.2, 0.25) is 0 Å². The maximum Gasteiger partial charge on any atom is 0.142 e. The number of hydrogen-bond donors (Lipinski definition) is 0. The fourth-order valence-corrected chi connectivity index (χ4v) is 1.42. The molecule has 0 aliphatic carbocycles. The monoisotopic (exact) mass is 193 g/mol. The lowest BCUT2D eigenvalue weighted by molar-refractivity contribution is 0.415. The van der Waals surface area contributed by atoms with Crippen LogP contribution < -0.4 is 9.64 Å². The van der Waals surface area contributed by atoms with Gasteiger partial charge in [0, 0.05) is 14.1 Å². The number of ether oxygens (including phenoxy) is 1. The second-order valence-corrected chi connectivity index (χ2v) is 3.98. The molecule has 14 heavy (non-hydrogen) atoms. The highest BCUT2D eigenvalue weighted by atomic mass is 16.5. The summed E-state index contributed by atoms with van der Waals surface area (Å²) in [5.74, 6) is 1.49. The van der Waals surface area contributed by atoms with Crippen molar-refractivity contribution >= 4 is 5.69 Å². The van der Waals surface area contributed by atoms with E-state index in [9.17, 15) is 0 Å². The summed E-state index contributed by atoms with van der Waals surface area (Å²) in [6.07, 6.45) is 0. The molecule has 78 valence electrons. The van der Waals surface area contributed by atoms with Gasteiger partial charge >= 0.3 is 0 Å². The molecule has 0 unspecified atom stereocenters. The molecule has 0 aliphatic heterocycles. The quantitative estimate of drug-likeness (QED) is 0.732. The van der Waals surface area contributed by atoms with E-state index in [2.05, 4.69) is 30.9 Å². The average molecular weight is 193 g/mol. The van der Waals surface area contributed by atoms with Crippen LogP contribution in [0.25, 0.3) is 0 Å². The minimum Gasteiger partial charge on any atom is -0.495 e. The number of nitrogens with zero attached hydrogens (tertiary/aromatic N) is 1. The molecule has 1 aromatic rings. The van der Waals surface area contributed by atoms with Crippen molar-refractivity contribution in [2.24, 2.45) is 0 Å². The van der Waals surface area contributed by atoms with Crippen molar-refractivity contribution in [2.45, 2.75) is 19.8 Å². The third-order valence-electron chi connectivity index (χ3n) is 2.35. The van der Waals surface area contributed by atoms with Crippen molar-refractivity contribution in [3.8, 4) is 5.75 Å². The van der Waals surface area contributed by atoms with Crippen LogP contribution in [0.3, 0.4) is 0 Å². The van der Waals surface area contributed by atoms with Gasteiger partial charge in [0.15, 0.2) is 0 Å². The highest BCUT2D eigenvalue weighted by Gasteiger charge is 2.07. The molecule has 2 heteroatoms. The van der Waals surface area contributed by atoms with Crippen LogP contribution >= 0.6 is 0 Å². The molecule has 1 aromatic carbocycles. The third-order valence-corrected chi connectivity index (χ3v) is 2.35. The number of benzene rings is 1. The summed E-state index contributed by atoms with van der Waals surface area (Å²) in [6, 6.07) is 6.34. The van der Waals surface area contributed by atoms with Gasteiger partial charge < -0.3 is 9.64 Å². The van der Waals surface area contributed by atoms with Crippen LogP contribution in [-0.4, -0.2) is 21.2 Å². The predicted octanol–water partition coefficient (Wildman–Crippen LogP) is 2.88. The lowest BCUT2D eigenvalue weighted by Crippen LogP contribution is -2.10. The van der Waals surface area contributed by atoms with E-state index in [-0.39, 0.29) is 0 Å². The highest BCUT2D eigenvalue weighted by molar-refractivity contribution is 5.59. The molecule has 0 N–H and O–H groups in total. The normalized spacial score (nSPS) is 10.4. The van der Waals surface area contributed by atoms with E-state index in [1.165, 1.54) is 5.56 Å². The predicted molar refractivity (Wildman–Crippen MR) is 61.4 cm³/mol. The first-order valence-electron chi connectivity index (χ1n) is 4.91. The Bertz CT molecular complexity index is 305. The van der Waals surface area contributed by atoms with Crippen LogP contribution in [-0.2, 0) is 0 Å². The highest BCUT2D eigenvalue weighted by Crippen LogP contribution is 2.30. The van der Waals surface area contributed by atoms with Crippen molar-refractivity contribution in [1.29, 1.82) is 0 Å². The molecule has 0 spiro atoms. The Morgan fingerprint density at radius 2 is 1.86 bits per heavy atom. The minimum atomic E-state index is 0.555. The topological polar surface area (TPSA) is 12.5 Å². The van der Waals surface area contributed by atoms with Crippen LogP contribution in [0.1, 0.15) is 25.3 Å². The Labute approximate surface area is 86.5 Å². The zero-order valence-corrected chi connectivity index (χ0v) is 9.66. The van der Waals surface area contributed by atoms with Crippen molar-refractivity contribution in [1.82, 2.24) is 0 Å². The van der Waals surface area contributed by atoms with E-state index in [1.54, 1.807) is 7.11 Å². The molecule has 0 heterocycles. The molecule has 0 radical (unpaired) electrons. The van der Waals surface area contributed by atoms with Crippen LogP contribution in [0.4, 0.5) is 5.69 Å². The van der Waals surface area contributed by atoms with Gasteiger partial charge in [-0.2, -0.15) is 0 Å². The zero-order valence-electron chi connectivity index (χ0n) is 9.66. The first kappa shape index (κ1) is 10.9. The lowest BCUT2D eigenvalue weighted by atomic mass is 10.0. The van der Waals surface area contributed by atoms with Crippen molar-refractivity contribution in [3.05, 3.63) is 23.8 Å². The lowest BCUT2D eigenvalue weighted by Gasteiger charge is -2.18. The van der Waals surface area contributed by atoms with Gasteiger partial charge in [-0.1, -0.05) is 19.9 Å². The van der Waals surface area contributed by atoms with Crippen molar-refractivity contribution < 1.29 is 4.74 Å². The van der Waals surface area contributed by atoms with Crippen LogP contribution in [0.2, 0.25) is 0 Å². The number of anilines is 1. The Balaban J connectivity index is 3.14. The average Bonchev–Trinajstić information content (AvgIpc) is 2.16. The van der Waals surface area contributed by atoms with Gasteiger partial charge in [-0.15, -0.1) is 0 Å². The van der Waals surface area contributed by atoms with Gasteiger partial charge in [-0.05, 0) is 23.6 Å². The second-order valence-electron chi connectivity index (χ2n) is 3.98. The Kier molecular flexibility index (Phi) is 3.39. The first-order chi connectivity index (χ1) is 6.56. The van der Waals surface area contributed by atoms with Crippen molar-refractivity contribution in [2.75, 3.05) is 26.1 Å². The molecule has 0 saturated heterocycles. The molecule has 0 aliphatic rings. The summed E-state index contributed by atoms with van der Waals surface area (Å²) in [4.78, 5) is 2.07. The van der Waals surface area contributed by atoms with Crippen LogP contribution in [0, 0.1) is 0 Å². The summed E-state index contributed by atoms with van der Waals surface area (Å²) in [7, 11) is 5.77. The van der Waals surface area contributed by atoms with Gasteiger partial charge in [0.1, 0.15) is 5.75 Å². The number of methoxy groups -OCH3 is 1. The molecule has 0 aromatic heterocycles. The second kappa shape index (κ2) is 4.36. The maximum absolute atomic E-state index is 5.30. The summed E-state index contributed by atoms with van der Waals surface area (Å²) < 4.78 is 5.30. The van der Waals surface area contributed by atoms with Gasteiger partial charge in [-0.25, -0.2) is 0 Å². The van der Waals surface area contributed by atoms with Crippen LogP contribution in [0.15, 0.2) is 18.2 Å². The molecule has 1 rings (SSSR count). The number of rotatable bonds is 3. The molecule has 2 nitrogen and oxygen atoms in total. The summed E-state index contributed by atoms with van der Waals surface area (Å²) in [5, 5.41) is 0. The van der Waals surface area contributed by atoms with Crippen molar-refractivity contribution in [3.63, 3.8) is 0 Å². The van der Waals surface area contributed by atoms with Crippen LogP contribution in [0.5, 0.6) is 5.75 Å². The molecule has 0 amide bonds. The van der Waals surface area contributed by atoms with E-state index < -0.39 is 0 Å². The third kappa shape index (κ3) is 2.19. The van der Waals surface area contributed by atoms with Gasteiger partial charge in [0.05, 0.1) is 12.8 Å². The molecule has 0 fully saturated rings. The van der Waals surface area contributed by atoms with E-state index in [0.717, 1.165) is 11.4 Å². The largest absolute Gasteiger partial charge is 0.495 e. The maximum atomic E-state index is 5.30. The standard InChI is InChI=1S/C12H19NO/c1-9(2)10-6-7-12(14-5)11(8-10)13(3)4/h6-9H,1-5H3. The number of hydrogen-bond acceptors (Lipinski definition) is 2. The SMILES string of the molecule is COc1ccc(C(C)C)cc1N(C)C. The fraction of sp³-hybridized carbons (Fsp3) is 0.500. The summed E-state index contributed by atoms with van der Waals surface area (Å²) >= 11 is 0. The van der Waals surface area contributed by atoms with E-state index in [4.69, 9.17) is 4.74 Å². The molecular formula is C12H19NO. The molecule has 0 atom stereocenters. The fourth-order valence-electron chi connectivity index (χ4n) is 1.42. The van der Waals surface area contributed by atoms with E-state index in [1.807, 2.05) is 20.2 Å². The Hall–Kier alpha value is -1.18. The summed E-state index contributed by atoms with van der Waals surface area (Å²) in [5.41, 5.74) is 2.48. The molecule has 0 saturated carbocycles. The Morgan fingerprint density at radius 1 is 1.21 bits per heavy atom.